The summed E-state index contributed by atoms with van der Waals surface area (Å²) >= 11 is 0. The zero-order chi connectivity index (χ0) is 11.2. The van der Waals surface area contributed by atoms with E-state index < -0.39 is 0 Å². The molecule has 1 aromatic carbocycles. The lowest BCUT2D eigenvalue weighted by molar-refractivity contribution is -0.0482. The van der Waals surface area contributed by atoms with Crippen molar-refractivity contribution in [3.05, 3.63) is 35.9 Å². The molecule has 3 saturated carbocycles. The van der Waals surface area contributed by atoms with Crippen LogP contribution in [0.3, 0.4) is 0 Å². The van der Waals surface area contributed by atoms with Gasteiger partial charge in [0.15, 0.2) is 0 Å². The second kappa shape index (κ2) is 2.25. The molecular formula is C16H20. The van der Waals surface area contributed by atoms with Crippen molar-refractivity contribution in [2.45, 2.75) is 39.0 Å². The normalized spacial score (nSPS) is 50.7. The van der Waals surface area contributed by atoms with Gasteiger partial charge in [-0.3, -0.25) is 0 Å². The van der Waals surface area contributed by atoms with Crippen molar-refractivity contribution >= 4 is 0 Å². The van der Waals surface area contributed by atoms with Gasteiger partial charge in [0.2, 0.25) is 0 Å². The molecule has 0 heteroatoms. The van der Waals surface area contributed by atoms with E-state index in [-0.39, 0.29) is 0 Å². The highest BCUT2D eigenvalue weighted by atomic mass is 15.0. The van der Waals surface area contributed by atoms with Crippen molar-refractivity contribution in [2.75, 3.05) is 0 Å². The molecule has 84 valence electrons. The molecule has 0 aromatic heterocycles. The lowest BCUT2D eigenvalue weighted by Gasteiger charge is -2.58. The number of rotatable bonds is 1. The van der Waals surface area contributed by atoms with Crippen LogP contribution >= 0.6 is 0 Å². The first-order chi connectivity index (χ1) is 7.58. The zero-order valence-corrected chi connectivity index (χ0v) is 10.5. The van der Waals surface area contributed by atoms with E-state index >= 15 is 0 Å². The first-order valence-electron chi connectivity index (χ1n) is 6.64. The van der Waals surface area contributed by atoms with Gasteiger partial charge < -0.3 is 0 Å². The minimum atomic E-state index is 0.521. The summed E-state index contributed by atoms with van der Waals surface area (Å²) in [5.41, 5.74) is 3.27. The Balaban J connectivity index is 1.90. The summed E-state index contributed by atoms with van der Waals surface area (Å²) in [6.07, 6.45) is 2.96. The van der Waals surface area contributed by atoms with Crippen LogP contribution in [0.2, 0.25) is 0 Å². The summed E-state index contributed by atoms with van der Waals surface area (Å²) in [7, 11) is 0. The molecule has 0 radical (unpaired) electrons. The molecule has 3 fully saturated rings. The van der Waals surface area contributed by atoms with Gasteiger partial charge in [-0.05, 0) is 41.1 Å². The van der Waals surface area contributed by atoms with Gasteiger partial charge in [0.25, 0.3) is 0 Å². The molecule has 0 nitrogen and oxygen atoms in total. The summed E-state index contributed by atoms with van der Waals surface area (Å²) in [6.45, 7) is 7.54. The smallest absolute Gasteiger partial charge is 0.0103 e. The minimum Gasteiger partial charge on any atom is -0.0622 e. The fourth-order valence-electron chi connectivity index (χ4n) is 5.96. The van der Waals surface area contributed by atoms with E-state index in [0.717, 1.165) is 11.8 Å². The highest BCUT2D eigenvalue weighted by Crippen LogP contribution is 2.96. The van der Waals surface area contributed by atoms with Crippen LogP contribution in [-0.4, -0.2) is 0 Å². The molecule has 0 bridgehead atoms. The summed E-state index contributed by atoms with van der Waals surface area (Å²) < 4.78 is 0. The average molecular weight is 212 g/mol. The largest absolute Gasteiger partial charge is 0.0622 e. The second-order valence-corrected chi connectivity index (χ2v) is 6.79. The molecule has 0 aliphatic heterocycles. The Kier molecular flexibility index (Phi) is 1.30. The monoisotopic (exact) mass is 212 g/mol. The van der Waals surface area contributed by atoms with Crippen molar-refractivity contribution in [2.24, 2.45) is 22.7 Å². The molecule has 4 rings (SSSR count). The van der Waals surface area contributed by atoms with Crippen LogP contribution in [-0.2, 0) is 5.41 Å². The summed E-state index contributed by atoms with van der Waals surface area (Å²) in [5.74, 6) is 2.03. The number of hydrogen-bond acceptors (Lipinski definition) is 0. The predicted octanol–water partition coefficient (Wildman–Crippen LogP) is 4.01. The van der Waals surface area contributed by atoms with Crippen LogP contribution in [0.15, 0.2) is 30.3 Å². The fourth-order valence-corrected chi connectivity index (χ4v) is 5.96. The van der Waals surface area contributed by atoms with Crippen molar-refractivity contribution < 1.29 is 0 Å². The fraction of sp³-hybridized carbons (Fsp3) is 0.625. The Morgan fingerprint density at radius 2 is 1.56 bits per heavy atom. The van der Waals surface area contributed by atoms with Crippen LogP contribution in [0.5, 0.6) is 0 Å². The van der Waals surface area contributed by atoms with Crippen molar-refractivity contribution in [1.29, 1.82) is 0 Å². The number of benzene rings is 1. The van der Waals surface area contributed by atoms with Gasteiger partial charge in [-0.2, -0.15) is 0 Å². The Morgan fingerprint density at radius 3 is 2.06 bits per heavy atom. The van der Waals surface area contributed by atoms with E-state index in [1.165, 1.54) is 12.8 Å². The number of fused-ring (bicyclic) bond motifs is 4. The van der Waals surface area contributed by atoms with Crippen LogP contribution < -0.4 is 0 Å². The molecule has 4 atom stereocenters. The van der Waals surface area contributed by atoms with Crippen molar-refractivity contribution in [3.8, 4) is 0 Å². The van der Waals surface area contributed by atoms with E-state index in [4.69, 9.17) is 0 Å². The van der Waals surface area contributed by atoms with Crippen LogP contribution in [0, 0.1) is 22.7 Å². The zero-order valence-electron chi connectivity index (χ0n) is 10.5. The van der Waals surface area contributed by atoms with Gasteiger partial charge in [-0.25, -0.2) is 0 Å². The van der Waals surface area contributed by atoms with E-state index in [1.807, 2.05) is 0 Å². The third-order valence-corrected chi connectivity index (χ3v) is 6.84. The molecule has 3 aliphatic rings. The Hall–Kier alpha value is -0.780. The quantitative estimate of drug-likeness (QED) is 0.660. The highest BCUT2D eigenvalue weighted by Gasteiger charge is 2.94. The standard InChI is InChI=1S/C16H20/c1-14(2)15(3)12-9-10-13(12)16(14,15)11-7-5-4-6-8-11/h4-8,12-13H,9-10H2,1-3H3/t12-,13+,15+,16-/m1/s1. The molecule has 0 saturated heterocycles. The second-order valence-electron chi connectivity index (χ2n) is 6.79. The van der Waals surface area contributed by atoms with Gasteiger partial charge in [0.1, 0.15) is 0 Å². The SMILES string of the molecule is CC1(C)[C@]2(C)[C@@H]3CC[C@@H]3[C@]12c1ccccc1. The lowest BCUT2D eigenvalue weighted by atomic mass is 9.46. The molecule has 0 amide bonds. The summed E-state index contributed by atoms with van der Waals surface area (Å²) in [4.78, 5) is 0. The maximum Gasteiger partial charge on any atom is 0.0103 e. The molecule has 1 aromatic rings. The van der Waals surface area contributed by atoms with Crippen LogP contribution in [0.25, 0.3) is 0 Å². The van der Waals surface area contributed by atoms with Crippen molar-refractivity contribution in [1.82, 2.24) is 0 Å². The van der Waals surface area contributed by atoms with E-state index in [1.54, 1.807) is 5.56 Å². The van der Waals surface area contributed by atoms with Gasteiger partial charge in [0.05, 0.1) is 0 Å². The van der Waals surface area contributed by atoms with Gasteiger partial charge >= 0.3 is 0 Å². The molecule has 0 unspecified atom stereocenters. The first kappa shape index (κ1) is 9.27. The van der Waals surface area contributed by atoms with Crippen LogP contribution in [0.4, 0.5) is 0 Å². The molecule has 0 spiro atoms. The summed E-state index contributed by atoms with van der Waals surface area (Å²) in [6, 6.07) is 11.3. The molecule has 16 heavy (non-hydrogen) atoms. The third kappa shape index (κ3) is 0.563. The number of hydrogen-bond donors (Lipinski definition) is 0. The predicted molar refractivity (Wildman–Crippen MR) is 66.2 cm³/mol. The highest BCUT2D eigenvalue weighted by molar-refractivity contribution is 5.54. The maximum atomic E-state index is 2.54. The molecule has 0 N–H and O–H groups in total. The topological polar surface area (TPSA) is 0 Å². The lowest BCUT2D eigenvalue weighted by Crippen LogP contribution is -2.54. The summed E-state index contributed by atoms with van der Waals surface area (Å²) in [5, 5.41) is 0. The third-order valence-electron chi connectivity index (χ3n) is 6.84. The van der Waals surface area contributed by atoms with E-state index in [0.29, 0.717) is 16.2 Å². The Bertz CT molecular complexity index is 458. The average Bonchev–Trinajstić information content (AvgIpc) is 2.56. The Morgan fingerprint density at radius 1 is 0.938 bits per heavy atom. The molecular weight excluding hydrogens is 192 g/mol. The Labute approximate surface area is 98.1 Å². The first-order valence-corrected chi connectivity index (χ1v) is 6.64. The van der Waals surface area contributed by atoms with Gasteiger partial charge in [-0.15, -0.1) is 0 Å². The van der Waals surface area contributed by atoms with Crippen LogP contribution in [0.1, 0.15) is 39.2 Å². The van der Waals surface area contributed by atoms with Gasteiger partial charge in [0, 0.05) is 5.41 Å². The van der Waals surface area contributed by atoms with E-state index in [9.17, 15) is 0 Å². The molecule has 3 aliphatic carbocycles. The van der Waals surface area contributed by atoms with E-state index in [2.05, 4.69) is 51.1 Å². The van der Waals surface area contributed by atoms with Gasteiger partial charge in [-0.1, -0.05) is 51.1 Å². The molecule has 0 heterocycles. The minimum absolute atomic E-state index is 0.521. The maximum absolute atomic E-state index is 2.54. The van der Waals surface area contributed by atoms with Crippen molar-refractivity contribution in [3.63, 3.8) is 0 Å².